The summed E-state index contributed by atoms with van der Waals surface area (Å²) in [4.78, 5) is 6.71. The first-order chi connectivity index (χ1) is 7.92. The van der Waals surface area contributed by atoms with Crippen LogP contribution in [0.4, 0.5) is 0 Å². The third kappa shape index (κ3) is 2.80. The number of rotatable bonds is 3. The van der Waals surface area contributed by atoms with Crippen molar-refractivity contribution >= 4 is 0 Å². The zero-order chi connectivity index (χ0) is 11.2. The minimum absolute atomic E-state index is 0.354. The summed E-state index contributed by atoms with van der Waals surface area (Å²) < 4.78 is 0. The van der Waals surface area contributed by atoms with Gasteiger partial charge in [0.2, 0.25) is 0 Å². The van der Waals surface area contributed by atoms with E-state index in [0.717, 1.165) is 0 Å². The molecule has 0 aromatic carbocycles. The molecule has 1 atom stereocenters. The van der Waals surface area contributed by atoms with Gasteiger partial charge in [0, 0.05) is 25.0 Å². The van der Waals surface area contributed by atoms with Crippen LogP contribution in [0, 0.1) is 0 Å². The number of nitrogens with two attached hydrogens (primary N) is 1. The molecule has 1 aliphatic rings. The van der Waals surface area contributed by atoms with Crippen molar-refractivity contribution in [1.29, 1.82) is 0 Å². The van der Waals surface area contributed by atoms with Gasteiger partial charge < -0.3 is 5.73 Å². The van der Waals surface area contributed by atoms with Crippen molar-refractivity contribution in [1.82, 2.24) is 9.88 Å². The lowest BCUT2D eigenvalue weighted by molar-refractivity contribution is 0.209. The highest BCUT2D eigenvalue weighted by Gasteiger charge is 2.19. The molecular formula is C13H21N3. The van der Waals surface area contributed by atoms with E-state index in [-0.39, 0.29) is 0 Å². The molecular weight excluding hydrogens is 198 g/mol. The fourth-order valence-corrected chi connectivity index (χ4v) is 2.48. The molecule has 2 heterocycles. The summed E-state index contributed by atoms with van der Waals surface area (Å²) in [5.41, 5.74) is 7.17. The summed E-state index contributed by atoms with van der Waals surface area (Å²) in [6, 6.07) is 4.48. The van der Waals surface area contributed by atoms with E-state index in [4.69, 9.17) is 5.73 Å². The molecule has 2 N–H and O–H groups in total. The Balaban J connectivity index is 2.09. The Morgan fingerprint density at radius 1 is 1.25 bits per heavy atom. The van der Waals surface area contributed by atoms with Crippen molar-refractivity contribution in [2.24, 2.45) is 5.73 Å². The first-order valence-electron chi connectivity index (χ1n) is 6.26. The summed E-state index contributed by atoms with van der Waals surface area (Å²) in [6.07, 6.45) is 9.09. The predicted molar refractivity (Wildman–Crippen MR) is 66.1 cm³/mol. The Morgan fingerprint density at radius 3 is 2.56 bits per heavy atom. The second-order valence-electron chi connectivity index (χ2n) is 4.49. The SMILES string of the molecule is NC[C@@H](c1cccnc1)N1CCCCCC1. The molecule has 16 heavy (non-hydrogen) atoms. The molecule has 0 saturated carbocycles. The zero-order valence-corrected chi connectivity index (χ0v) is 9.81. The molecule has 3 nitrogen and oxygen atoms in total. The first kappa shape index (κ1) is 11.6. The molecule has 0 amide bonds. The largest absolute Gasteiger partial charge is 0.329 e. The zero-order valence-electron chi connectivity index (χ0n) is 9.81. The van der Waals surface area contributed by atoms with Crippen LogP contribution in [0.25, 0.3) is 0 Å². The van der Waals surface area contributed by atoms with E-state index in [0.29, 0.717) is 12.6 Å². The molecule has 0 unspecified atom stereocenters. The fourth-order valence-electron chi connectivity index (χ4n) is 2.48. The van der Waals surface area contributed by atoms with Crippen molar-refractivity contribution in [3.8, 4) is 0 Å². The van der Waals surface area contributed by atoms with Gasteiger partial charge in [-0.05, 0) is 37.6 Å². The Hall–Kier alpha value is -0.930. The van der Waals surface area contributed by atoms with E-state index in [1.54, 1.807) is 0 Å². The van der Waals surface area contributed by atoms with Gasteiger partial charge in [-0.1, -0.05) is 18.9 Å². The lowest BCUT2D eigenvalue weighted by Crippen LogP contribution is -2.34. The van der Waals surface area contributed by atoms with E-state index in [1.165, 1.54) is 44.3 Å². The van der Waals surface area contributed by atoms with Gasteiger partial charge in [-0.2, -0.15) is 0 Å². The lowest BCUT2D eigenvalue weighted by Gasteiger charge is -2.29. The molecule has 2 rings (SSSR count). The number of likely N-dealkylation sites (tertiary alicyclic amines) is 1. The molecule has 0 aliphatic carbocycles. The molecule has 0 spiro atoms. The molecule has 0 radical (unpaired) electrons. The molecule has 1 aromatic rings. The van der Waals surface area contributed by atoms with E-state index in [1.807, 2.05) is 18.5 Å². The average Bonchev–Trinajstić information content (AvgIpc) is 2.61. The maximum absolute atomic E-state index is 5.92. The van der Waals surface area contributed by atoms with Crippen molar-refractivity contribution < 1.29 is 0 Å². The molecule has 1 saturated heterocycles. The van der Waals surface area contributed by atoms with Crippen molar-refractivity contribution in [3.05, 3.63) is 30.1 Å². The van der Waals surface area contributed by atoms with Gasteiger partial charge >= 0.3 is 0 Å². The Morgan fingerprint density at radius 2 is 2.00 bits per heavy atom. The van der Waals surface area contributed by atoms with Crippen molar-refractivity contribution in [2.45, 2.75) is 31.7 Å². The molecule has 1 fully saturated rings. The van der Waals surface area contributed by atoms with Gasteiger partial charge in [0.05, 0.1) is 0 Å². The Labute approximate surface area is 97.7 Å². The number of nitrogens with zero attached hydrogens (tertiary/aromatic N) is 2. The normalized spacial score (nSPS) is 20.3. The summed E-state index contributed by atoms with van der Waals surface area (Å²) >= 11 is 0. The minimum Gasteiger partial charge on any atom is -0.329 e. The Bertz CT molecular complexity index is 291. The molecule has 3 heteroatoms. The quantitative estimate of drug-likeness (QED) is 0.845. The second-order valence-corrected chi connectivity index (χ2v) is 4.49. The van der Waals surface area contributed by atoms with E-state index < -0.39 is 0 Å². The fraction of sp³-hybridized carbons (Fsp3) is 0.615. The highest BCUT2D eigenvalue weighted by molar-refractivity contribution is 5.14. The third-order valence-electron chi connectivity index (χ3n) is 3.37. The smallest absolute Gasteiger partial charge is 0.0485 e. The summed E-state index contributed by atoms with van der Waals surface area (Å²) in [6.45, 7) is 3.04. The number of pyridine rings is 1. The van der Waals surface area contributed by atoms with Crippen LogP contribution in [0.1, 0.15) is 37.3 Å². The van der Waals surface area contributed by atoms with Crippen LogP contribution >= 0.6 is 0 Å². The van der Waals surface area contributed by atoms with Crippen LogP contribution in [-0.4, -0.2) is 29.5 Å². The number of aromatic nitrogens is 1. The molecule has 0 bridgehead atoms. The van der Waals surface area contributed by atoms with Gasteiger partial charge in [0.15, 0.2) is 0 Å². The molecule has 88 valence electrons. The monoisotopic (exact) mass is 219 g/mol. The maximum Gasteiger partial charge on any atom is 0.0485 e. The summed E-state index contributed by atoms with van der Waals surface area (Å²) in [5.74, 6) is 0. The Kier molecular flexibility index (Phi) is 4.31. The average molecular weight is 219 g/mol. The van der Waals surface area contributed by atoms with E-state index in [2.05, 4.69) is 16.0 Å². The van der Waals surface area contributed by atoms with Crippen LogP contribution in [0.2, 0.25) is 0 Å². The van der Waals surface area contributed by atoms with Gasteiger partial charge in [-0.15, -0.1) is 0 Å². The molecule has 1 aliphatic heterocycles. The van der Waals surface area contributed by atoms with Gasteiger partial charge in [-0.25, -0.2) is 0 Å². The minimum atomic E-state index is 0.354. The van der Waals surface area contributed by atoms with Crippen LogP contribution in [0.3, 0.4) is 0 Å². The summed E-state index contributed by atoms with van der Waals surface area (Å²) in [7, 11) is 0. The van der Waals surface area contributed by atoms with E-state index >= 15 is 0 Å². The lowest BCUT2D eigenvalue weighted by atomic mass is 10.1. The topological polar surface area (TPSA) is 42.1 Å². The molecule has 1 aromatic heterocycles. The van der Waals surface area contributed by atoms with Gasteiger partial charge in [0.25, 0.3) is 0 Å². The number of hydrogen-bond donors (Lipinski definition) is 1. The highest BCUT2D eigenvalue weighted by atomic mass is 15.2. The van der Waals surface area contributed by atoms with Crippen LogP contribution in [0.15, 0.2) is 24.5 Å². The standard InChI is InChI=1S/C13H21N3/c14-10-13(12-6-5-7-15-11-12)16-8-3-1-2-4-9-16/h5-7,11,13H,1-4,8-10,14H2/t13-/m0/s1. The number of hydrogen-bond acceptors (Lipinski definition) is 3. The summed E-state index contributed by atoms with van der Waals surface area (Å²) in [5, 5.41) is 0. The highest BCUT2D eigenvalue weighted by Crippen LogP contribution is 2.22. The second kappa shape index (κ2) is 5.97. The van der Waals surface area contributed by atoms with Crippen molar-refractivity contribution in [3.63, 3.8) is 0 Å². The van der Waals surface area contributed by atoms with Gasteiger partial charge in [0.1, 0.15) is 0 Å². The van der Waals surface area contributed by atoms with Crippen LogP contribution < -0.4 is 5.73 Å². The van der Waals surface area contributed by atoms with Crippen LogP contribution in [-0.2, 0) is 0 Å². The maximum atomic E-state index is 5.92. The third-order valence-corrected chi connectivity index (χ3v) is 3.37. The van der Waals surface area contributed by atoms with Crippen LogP contribution in [0.5, 0.6) is 0 Å². The van der Waals surface area contributed by atoms with Crippen molar-refractivity contribution in [2.75, 3.05) is 19.6 Å². The van der Waals surface area contributed by atoms with E-state index in [9.17, 15) is 0 Å². The first-order valence-corrected chi connectivity index (χ1v) is 6.26. The predicted octanol–water partition coefficient (Wildman–Crippen LogP) is 1.96. The van der Waals surface area contributed by atoms with Gasteiger partial charge in [-0.3, -0.25) is 9.88 Å².